The van der Waals surface area contributed by atoms with Crippen LogP contribution in [0.4, 0.5) is 5.82 Å². The van der Waals surface area contributed by atoms with Crippen LogP contribution in [0.5, 0.6) is 0 Å². The Morgan fingerprint density at radius 1 is 1.25 bits per heavy atom. The number of benzene rings is 1. The molecule has 1 aromatic heterocycles. The average Bonchev–Trinajstić information content (AvgIpc) is 2.74. The Labute approximate surface area is 166 Å². The van der Waals surface area contributed by atoms with Crippen LogP contribution < -0.4 is 10.2 Å². The first-order chi connectivity index (χ1) is 13.6. The molecule has 0 bridgehead atoms. The van der Waals surface area contributed by atoms with Crippen molar-refractivity contribution < 1.29 is 4.79 Å². The van der Waals surface area contributed by atoms with Crippen LogP contribution in [0.25, 0.3) is 0 Å². The summed E-state index contributed by atoms with van der Waals surface area (Å²) in [6, 6.07) is 16.2. The van der Waals surface area contributed by atoms with Gasteiger partial charge in [-0.05, 0) is 44.6 Å². The van der Waals surface area contributed by atoms with Crippen LogP contribution in [0.1, 0.15) is 30.0 Å². The fraction of sp³-hybridized carbons (Fsp3) is 0.409. The third-order valence-electron chi connectivity index (χ3n) is 5.34. The van der Waals surface area contributed by atoms with E-state index < -0.39 is 0 Å². The number of likely N-dealkylation sites (N-methyl/N-ethyl adjacent to an activating group) is 1. The van der Waals surface area contributed by atoms with Crippen molar-refractivity contribution in [3.8, 4) is 6.07 Å². The number of nitriles is 1. The fourth-order valence-electron chi connectivity index (χ4n) is 3.63. The minimum absolute atomic E-state index is 0.0354. The lowest BCUT2D eigenvalue weighted by molar-refractivity contribution is -0.125. The molecule has 1 aliphatic heterocycles. The molecule has 1 aromatic carbocycles. The molecular formula is C22H27N5O. The molecule has 6 heteroatoms. The molecule has 1 saturated heterocycles. The van der Waals surface area contributed by atoms with Gasteiger partial charge in [0.25, 0.3) is 0 Å². The fourth-order valence-corrected chi connectivity index (χ4v) is 3.63. The lowest BCUT2D eigenvalue weighted by atomic mass is 9.95. The summed E-state index contributed by atoms with van der Waals surface area (Å²) >= 11 is 0. The highest BCUT2D eigenvalue weighted by molar-refractivity contribution is 5.79. The van der Waals surface area contributed by atoms with Gasteiger partial charge in [0, 0.05) is 31.7 Å². The molecule has 1 N–H and O–H groups in total. The van der Waals surface area contributed by atoms with E-state index in [-0.39, 0.29) is 17.9 Å². The second-order valence-electron chi connectivity index (χ2n) is 7.41. The van der Waals surface area contributed by atoms with E-state index in [1.165, 1.54) is 5.56 Å². The molecule has 2 aromatic rings. The predicted octanol–water partition coefficient (Wildman–Crippen LogP) is 2.59. The molecule has 1 fully saturated rings. The molecule has 1 atom stereocenters. The van der Waals surface area contributed by atoms with E-state index in [2.05, 4.69) is 38.3 Å². The van der Waals surface area contributed by atoms with Crippen LogP contribution in [0.2, 0.25) is 0 Å². The molecule has 0 saturated carbocycles. The van der Waals surface area contributed by atoms with Gasteiger partial charge in [-0.3, -0.25) is 4.79 Å². The number of aromatic nitrogens is 1. The lowest BCUT2D eigenvalue weighted by Crippen LogP contribution is -2.43. The number of rotatable bonds is 6. The molecular weight excluding hydrogens is 350 g/mol. The van der Waals surface area contributed by atoms with E-state index in [4.69, 9.17) is 5.26 Å². The van der Waals surface area contributed by atoms with Gasteiger partial charge < -0.3 is 15.1 Å². The van der Waals surface area contributed by atoms with Crippen molar-refractivity contribution in [2.24, 2.45) is 5.92 Å². The van der Waals surface area contributed by atoms with E-state index in [9.17, 15) is 4.79 Å². The van der Waals surface area contributed by atoms with Gasteiger partial charge in [0.05, 0.1) is 11.6 Å². The Hall–Kier alpha value is -2.91. The summed E-state index contributed by atoms with van der Waals surface area (Å²) in [4.78, 5) is 21.3. The van der Waals surface area contributed by atoms with Crippen LogP contribution in [-0.4, -0.2) is 49.5 Å². The Balaban J connectivity index is 1.51. The average molecular weight is 377 g/mol. The third-order valence-corrected chi connectivity index (χ3v) is 5.34. The first kappa shape index (κ1) is 19.8. The molecule has 0 unspecified atom stereocenters. The zero-order valence-electron chi connectivity index (χ0n) is 16.5. The number of hydrogen-bond donors (Lipinski definition) is 1. The van der Waals surface area contributed by atoms with E-state index >= 15 is 0 Å². The van der Waals surface area contributed by atoms with Crippen molar-refractivity contribution in [3.63, 3.8) is 0 Å². The number of carbonyl (C=O) groups excluding carboxylic acids is 1. The minimum atomic E-state index is 0.0354. The van der Waals surface area contributed by atoms with Gasteiger partial charge in [0.2, 0.25) is 5.91 Å². The molecule has 1 aliphatic rings. The summed E-state index contributed by atoms with van der Waals surface area (Å²) in [5.74, 6) is 1.04. The maximum atomic E-state index is 12.7. The highest BCUT2D eigenvalue weighted by Gasteiger charge is 2.26. The second-order valence-corrected chi connectivity index (χ2v) is 7.41. The van der Waals surface area contributed by atoms with Crippen LogP contribution in [0.3, 0.4) is 0 Å². The van der Waals surface area contributed by atoms with Crippen molar-refractivity contribution in [3.05, 3.63) is 59.8 Å². The van der Waals surface area contributed by atoms with Crippen LogP contribution in [0, 0.1) is 17.2 Å². The number of nitrogens with one attached hydrogen (secondary N) is 1. The molecule has 3 rings (SSSR count). The largest absolute Gasteiger partial charge is 0.357 e. The second kappa shape index (κ2) is 9.34. The first-order valence-corrected chi connectivity index (χ1v) is 9.68. The third kappa shape index (κ3) is 4.87. The van der Waals surface area contributed by atoms with Gasteiger partial charge in [-0.25, -0.2) is 4.98 Å². The normalized spacial score (nSPS) is 15.9. The van der Waals surface area contributed by atoms with Crippen molar-refractivity contribution >= 4 is 11.7 Å². The summed E-state index contributed by atoms with van der Waals surface area (Å²) in [7, 11) is 4.07. The van der Waals surface area contributed by atoms with Gasteiger partial charge in [-0.2, -0.15) is 5.26 Å². The van der Waals surface area contributed by atoms with Gasteiger partial charge >= 0.3 is 0 Å². The number of nitrogens with zero attached hydrogens (tertiary/aromatic N) is 4. The van der Waals surface area contributed by atoms with Gasteiger partial charge in [0.15, 0.2) is 0 Å². The van der Waals surface area contributed by atoms with Gasteiger partial charge in [-0.1, -0.05) is 30.3 Å². The highest BCUT2D eigenvalue weighted by atomic mass is 16.1. The van der Waals surface area contributed by atoms with E-state index in [1.54, 1.807) is 12.3 Å². The van der Waals surface area contributed by atoms with Crippen molar-refractivity contribution in [1.29, 1.82) is 5.26 Å². The van der Waals surface area contributed by atoms with Crippen LogP contribution >= 0.6 is 0 Å². The monoisotopic (exact) mass is 377 g/mol. The zero-order valence-corrected chi connectivity index (χ0v) is 16.5. The Bertz CT molecular complexity index is 805. The molecule has 0 aliphatic carbocycles. The summed E-state index contributed by atoms with van der Waals surface area (Å²) in [6.07, 6.45) is 3.22. The predicted molar refractivity (Wildman–Crippen MR) is 110 cm³/mol. The lowest BCUT2D eigenvalue weighted by Gasteiger charge is -2.33. The van der Waals surface area contributed by atoms with Crippen molar-refractivity contribution in [2.45, 2.75) is 18.9 Å². The van der Waals surface area contributed by atoms with Crippen molar-refractivity contribution in [1.82, 2.24) is 15.2 Å². The number of piperidine rings is 1. The van der Waals surface area contributed by atoms with E-state index in [1.807, 2.05) is 38.4 Å². The summed E-state index contributed by atoms with van der Waals surface area (Å²) in [5.41, 5.74) is 1.77. The summed E-state index contributed by atoms with van der Waals surface area (Å²) in [5, 5.41) is 12.0. The number of amides is 1. The van der Waals surface area contributed by atoms with Crippen molar-refractivity contribution in [2.75, 3.05) is 38.6 Å². The molecule has 146 valence electrons. The zero-order chi connectivity index (χ0) is 19.9. The number of hydrogen-bond acceptors (Lipinski definition) is 5. The molecule has 0 spiro atoms. The maximum Gasteiger partial charge on any atom is 0.223 e. The molecule has 2 heterocycles. The van der Waals surface area contributed by atoms with Gasteiger partial charge in [0.1, 0.15) is 11.9 Å². The quantitative estimate of drug-likeness (QED) is 0.838. The summed E-state index contributed by atoms with van der Waals surface area (Å²) < 4.78 is 0. The number of carbonyl (C=O) groups is 1. The van der Waals surface area contributed by atoms with Crippen LogP contribution in [-0.2, 0) is 4.79 Å². The SMILES string of the molecule is CN(C)[C@@H](CNC(=O)C1CCN(c2ccc(C#N)cn2)CC1)c1ccccc1. The molecule has 1 amide bonds. The molecule has 6 nitrogen and oxygen atoms in total. The molecule has 0 radical (unpaired) electrons. The minimum Gasteiger partial charge on any atom is -0.357 e. The topological polar surface area (TPSA) is 72.3 Å². The first-order valence-electron chi connectivity index (χ1n) is 9.68. The van der Waals surface area contributed by atoms with E-state index in [0.29, 0.717) is 12.1 Å². The smallest absolute Gasteiger partial charge is 0.223 e. The van der Waals surface area contributed by atoms with Gasteiger partial charge in [-0.15, -0.1) is 0 Å². The summed E-state index contributed by atoms with van der Waals surface area (Å²) in [6.45, 7) is 2.20. The van der Waals surface area contributed by atoms with E-state index in [0.717, 1.165) is 31.7 Å². The standard InChI is InChI=1S/C22H27N5O/c1-26(2)20(18-6-4-3-5-7-18)16-25-22(28)19-10-12-27(13-11-19)21-9-8-17(14-23)15-24-21/h3-9,15,19-20H,10-13,16H2,1-2H3,(H,25,28)/t20-/m0/s1. The Kier molecular flexibility index (Phi) is 6.62. The maximum absolute atomic E-state index is 12.7. The number of anilines is 1. The Morgan fingerprint density at radius 3 is 2.54 bits per heavy atom. The van der Waals surface area contributed by atoms with Crippen LogP contribution in [0.15, 0.2) is 48.7 Å². The number of pyridine rings is 1. The Morgan fingerprint density at radius 2 is 1.96 bits per heavy atom. The molecule has 28 heavy (non-hydrogen) atoms. The highest BCUT2D eigenvalue weighted by Crippen LogP contribution is 2.23.